The van der Waals surface area contributed by atoms with Crippen molar-refractivity contribution in [3.05, 3.63) is 0 Å². The normalized spacial score (nSPS) is 7.60. The number of hydrogen-bond acceptors (Lipinski definition) is 0. The van der Waals surface area contributed by atoms with Gasteiger partial charge in [-0.2, -0.15) is 0 Å². The predicted molar refractivity (Wildman–Crippen MR) is 21.0 cm³/mol. The van der Waals surface area contributed by atoms with E-state index in [2.05, 4.69) is 13.8 Å². The second-order valence-electron chi connectivity index (χ2n) is 0.957. The van der Waals surface area contributed by atoms with Gasteiger partial charge in [0.1, 0.15) is 0 Å². The van der Waals surface area contributed by atoms with Crippen LogP contribution in [0.3, 0.4) is 0 Å². The maximum absolute atomic E-state index is 2.30. The van der Waals surface area contributed by atoms with E-state index in [4.69, 9.17) is 0 Å². The van der Waals surface area contributed by atoms with Crippen molar-refractivity contribution in [3.63, 3.8) is 0 Å². The van der Waals surface area contributed by atoms with Crippen LogP contribution in [0.2, 0.25) is 8.35 Å². The van der Waals surface area contributed by atoms with Crippen LogP contribution in [0.4, 0.5) is 0 Å². The van der Waals surface area contributed by atoms with Crippen LogP contribution in [-0.4, -0.2) is 0 Å². The van der Waals surface area contributed by atoms with Gasteiger partial charge in [0.05, 0.1) is 0 Å². The van der Waals surface area contributed by atoms with Crippen LogP contribution in [0.15, 0.2) is 0 Å². The van der Waals surface area contributed by atoms with Gasteiger partial charge in [-0.15, -0.1) is 0 Å². The first-order valence-electron chi connectivity index (χ1n) is 2.12. The quantitative estimate of drug-likeness (QED) is 0.643. The van der Waals surface area contributed by atoms with Crippen molar-refractivity contribution in [2.75, 3.05) is 0 Å². The number of hydrogen-bond donors (Lipinski definition) is 0. The van der Waals surface area contributed by atoms with Gasteiger partial charge in [0, 0.05) is 0 Å². The first kappa shape index (κ1) is 5.87. The fourth-order valence-corrected chi connectivity index (χ4v) is 2.05. The molecule has 0 N–H and O–H groups in total. The Bertz CT molecular complexity index is 11.1. The van der Waals surface area contributed by atoms with Crippen LogP contribution in [0.1, 0.15) is 13.8 Å². The van der Waals surface area contributed by atoms with Crippen molar-refractivity contribution >= 4 is 0 Å². The molecule has 0 heterocycles. The van der Waals surface area contributed by atoms with E-state index < -0.39 is 0 Å². The zero-order chi connectivity index (χ0) is 4.12. The van der Waals surface area contributed by atoms with Crippen LogP contribution >= 0.6 is 0 Å². The molecule has 30 valence electrons. The average Bonchev–Trinajstić information content (AvgIpc) is 1.41. The van der Waals surface area contributed by atoms with Gasteiger partial charge >= 0.3 is 45.1 Å². The second kappa shape index (κ2) is 4.87. The molecular formula is C4H10Hf. The Kier molecular flexibility index (Phi) is 5.72. The summed E-state index contributed by atoms with van der Waals surface area (Å²) in [6.07, 6.45) is 0. The van der Waals surface area contributed by atoms with Crippen molar-refractivity contribution in [2.24, 2.45) is 0 Å². The summed E-state index contributed by atoms with van der Waals surface area (Å²) in [4.78, 5) is 0. The van der Waals surface area contributed by atoms with Crippen molar-refractivity contribution in [2.45, 2.75) is 22.2 Å². The summed E-state index contributed by atoms with van der Waals surface area (Å²) >= 11 is 0.0494. The molecule has 0 fully saturated rings. The van der Waals surface area contributed by atoms with Crippen LogP contribution in [0.5, 0.6) is 0 Å². The molecule has 0 rings (SSSR count). The van der Waals surface area contributed by atoms with Crippen LogP contribution in [0, 0.1) is 0 Å². The number of rotatable bonds is 2. The van der Waals surface area contributed by atoms with Gasteiger partial charge in [-0.3, -0.25) is 0 Å². The molecule has 0 aromatic carbocycles. The molecule has 0 spiro atoms. The molecule has 1 heteroatoms. The van der Waals surface area contributed by atoms with E-state index in [0.717, 1.165) is 0 Å². The molecule has 0 aromatic rings. The van der Waals surface area contributed by atoms with E-state index in [-0.39, 0.29) is 22.9 Å². The van der Waals surface area contributed by atoms with E-state index in [1.807, 2.05) is 0 Å². The molecule has 0 aromatic heterocycles. The molecule has 0 radical (unpaired) electrons. The molecule has 0 atom stereocenters. The summed E-state index contributed by atoms with van der Waals surface area (Å²) in [5.74, 6) is 0. The predicted octanol–water partition coefficient (Wildman–Crippen LogP) is 1.95. The Morgan fingerprint density at radius 2 is 1.60 bits per heavy atom. The molecule has 0 saturated carbocycles. The summed E-state index contributed by atoms with van der Waals surface area (Å²) in [7, 11) is 0. The SMILES string of the molecule is C[CH2][Hf][CH2]C. The summed E-state index contributed by atoms with van der Waals surface area (Å²) in [5, 5.41) is 0. The van der Waals surface area contributed by atoms with Gasteiger partial charge in [-0.1, -0.05) is 0 Å². The molecule has 0 nitrogen and oxygen atoms in total. The van der Waals surface area contributed by atoms with Gasteiger partial charge in [0.25, 0.3) is 0 Å². The topological polar surface area (TPSA) is 0 Å². The zero-order valence-corrected chi connectivity index (χ0v) is 7.51. The Morgan fingerprint density at radius 1 is 1.20 bits per heavy atom. The van der Waals surface area contributed by atoms with E-state index in [1.165, 1.54) is 8.35 Å². The van der Waals surface area contributed by atoms with Gasteiger partial charge in [-0.25, -0.2) is 0 Å². The van der Waals surface area contributed by atoms with Crippen LogP contribution < -0.4 is 0 Å². The minimum absolute atomic E-state index is 0.0494. The van der Waals surface area contributed by atoms with Crippen molar-refractivity contribution < 1.29 is 22.9 Å². The Balaban J connectivity index is 2.19. The van der Waals surface area contributed by atoms with E-state index in [0.29, 0.717) is 0 Å². The van der Waals surface area contributed by atoms with Gasteiger partial charge in [-0.05, 0) is 0 Å². The van der Waals surface area contributed by atoms with Crippen LogP contribution in [0.25, 0.3) is 0 Å². The molecule has 0 aliphatic heterocycles. The molecule has 0 aliphatic rings. The maximum atomic E-state index is 2.30. The summed E-state index contributed by atoms with van der Waals surface area (Å²) in [6.45, 7) is 4.60. The zero-order valence-electron chi connectivity index (χ0n) is 3.91. The van der Waals surface area contributed by atoms with Gasteiger partial charge in [0.2, 0.25) is 0 Å². The fourth-order valence-electron chi connectivity index (χ4n) is 0.250. The molecule has 0 amide bonds. The second-order valence-corrected chi connectivity index (χ2v) is 7.83. The van der Waals surface area contributed by atoms with E-state index in [9.17, 15) is 0 Å². The third kappa shape index (κ3) is 4.87. The molecule has 0 bridgehead atoms. The molecule has 0 saturated heterocycles. The molecular weight excluding hydrogens is 227 g/mol. The average molecular weight is 237 g/mol. The summed E-state index contributed by atoms with van der Waals surface area (Å²) in [5.41, 5.74) is 0. The standard InChI is InChI=1S/2C2H5.Hf/c2*1-2;/h2*1H2,2H3;. The molecule has 0 aliphatic carbocycles. The van der Waals surface area contributed by atoms with Crippen molar-refractivity contribution in [3.8, 4) is 0 Å². The molecule has 0 unspecified atom stereocenters. The summed E-state index contributed by atoms with van der Waals surface area (Å²) < 4.78 is 3.08. The Labute approximate surface area is 45.3 Å². The van der Waals surface area contributed by atoms with Gasteiger partial charge < -0.3 is 0 Å². The van der Waals surface area contributed by atoms with E-state index in [1.54, 1.807) is 0 Å². The monoisotopic (exact) mass is 238 g/mol. The van der Waals surface area contributed by atoms with Crippen LogP contribution in [-0.2, 0) is 22.9 Å². The van der Waals surface area contributed by atoms with Gasteiger partial charge in [0.15, 0.2) is 0 Å². The minimum atomic E-state index is 0.0494. The molecule has 5 heavy (non-hydrogen) atoms. The first-order chi connectivity index (χ1) is 2.41. The first-order valence-corrected chi connectivity index (χ1v) is 7.20. The fraction of sp³-hybridized carbons (Fsp3) is 1.00. The Hall–Kier alpha value is 0.870. The summed E-state index contributed by atoms with van der Waals surface area (Å²) in [6, 6.07) is 0. The van der Waals surface area contributed by atoms with Crippen molar-refractivity contribution in [1.82, 2.24) is 0 Å². The Morgan fingerprint density at radius 3 is 1.60 bits per heavy atom. The third-order valence-corrected chi connectivity index (χ3v) is 4.09. The van der Waals surface area contributed by atoms with Crippen molar-refractivity contribution in [1.29, 1.82) is 0 Å². The van der Waals surface area contributed by atoms with E-state index >= 15 is 0 Å². The third-order valence-electron chi connectivity index (χ3n) is 0.500.